The molecular weight excluding hydrogens is 456 g/mol. The number of aromatic amines is 1. The molecule has 0 aliphatic heterocycles. The van der Waals surface area contributed by atoms with Crippen molar-refractivity contribution in [2.75, 3.05) is 23.1 Å². The van der Waals surface area contributed by atoms with Crippen LogP contribution < -0.4 is 16.0 Å². The maximum Gasteiger partial charge on any atom is 0.354 e. The molecule has 0 saturated heterocycles. The third-order valence-corrected chi connectivity index (χ3v) is 4.99. The quantitative estimate of drug-likeness (QED) is 0.307. The maximum absolute atomic E-state index is 12.8. The molecule has 4 rings (SSSR count). The van der Waals surface area contributed by atoms with Crippen LogP contribution in [0.2, 0.25) is 0 Å². The van der Waals surface area contributed by atoms with Crippen molar-refractivity contribution < 1.29 is 23.9 Å². The molecule has 4 aromatic rings. The van der Waals surface area contributed by atoms with Gasteiger partial charge < -0.3 is 34.8 Å². The van der Waals surface area contributed by atoms with E-state index in [0.29, 0.717) is 22.3 Å². The van der Waals surface area contributed by atoms with Crippen molar-refractivity contribution in [2.45, 2.75) is 6.92 Å². The first-order valence-electron chi connectivity index (χ1n) is 10.3. The number of methoxy groups -OCH3 is 1. The third-order valence-electron chi connectivity index (χ3n) is 4.99. The Kier molecular flexibility index (Phi) is 6.06. The lowest BCUT2D eigenvalue weighted by Crippen LogP contribution is -2.18. The molecule has 0 unspecified atom stereocenters. The monoisotopic (exact) mass is 478 g/mol. The van der Waals surface area contributed by atoms with E-state index in [9.17, 15) is 19.2 Å². The second-order valence-corrected chi connectivity index (χ2v) is 7.69. The van der Waals surface area contributed by atoms with Crippen LogP contribution in [0.1, 0.15) is 38.7 Å². The lowest BCUT2D eigenvalue weighted by molar-refractivity contribution is -0.114. The smallest absolute Gasteiger partial charge is 0.354 e. The molecule has 3 heterocycles. The summed E-state index contributed by atoms with van der Waals surface area (Å²) in [6, 6.07) is 6.73. The average molecular weight is 478 g/mol. The van der Waals surface area contributed by atoms with Gasteiger partial charge in [-0.1, -0.05) is 0 Å². The molecule has 0 aliphatic rings. The number of imidazole rings is 2. The number of hydrogen-bond acceptors (Lipinski definition) is 7. The predicted octanol–water partition coefficient (Wildman–Crippen LogP) is 1.88. The van der Waals surface area contributed by atoms with Crippen molar-refractivity contribution in [1.82, 2.24) is 24.1 Å². The molecule has 180 valence electrons. The Morgan fingerprint density at radius 2 is 1.49 bits per heavy atom. The zero-order valence-electron chi connectivity index (χ0n) is 19.3. The summed E-state index contributed by atoms with van der Waals surface area (Å²) in [6.07, 6.45) is 2.99. The normalized spacial score (nSPS) is 10.7. The van der Waals surface area contributed by atoms with Crippen molar-refractivity contribution in [3.8, 4) is 0 Å². The number of anilines is 3. The van der Waals surface area contributed by atoms with E-state index in [2.05, 4.69) is 30.9 Å². The summed E-state index contributed by atoms with van der Waals surface area (Å²) in [4.78, 5) is 59.6. The lowest BCUT2D eigenvalue weighted by atomic mass is 10.2. The zero-order valence-corrected chi connectivity index (χ0v) is 19.3. The van der Waals surface area contributed by atoms with E-state index in [1.807, 2.05) is 0 Å². The number of hydrogen-bond donors (Lipinski definition) is 4. The second-order valence-electron chi connectivity index (χ2n) is 7.69. The molecule has 35 heavy (non-hydrogen) atoms. The standard InChI is InChI=1S/C22H22N8O5/c1-11(31)23-16-9-29(2)19(26-16)21(33)28-17-10-30(3)18(27-17)20(32)24-13-5-6-14-12(7-13)8-15(25-14)22(34)35-4/h5-10,25H,1-4H3,(H,23,31)(H,24,32)(H,28,33). The van der Waals surface area contributed by atoms with Crippen LogP contribution in [0.25, 0.3) is 10.9 Å². The number of rotatable bonds is 6. The highest BCUT2D eigenvalue weighted by molar-refractivity contribution is 6.05. The first-order valence-corrected chi connectivity index (χ1v) is 10.3. The number of aryl methyl sites for hydroxylation is 2. The van der Waals surface area contributed by atoms with Gasteiger partial charge in [0.25, 0.3) is 11.8 Å². The summed E-state index contributed by atoms with van der Waals surface area (Å²) in [5.74, 6) is -1.37. The summed E-state index contributed by atoms with van der Waals surface area (Å²) >= 11 is 0. The number of benzene rings is 1. The fourth-order valence-corrected chi connectivity index (χ4v) is 3.45. The number of esters is 1. The predicted molar refractivity (Wildman–Crippen MR) is 126 cm³/mol. The third kappa shape index (κ3) is 4.88. The molecule has 0 fully saturated rings. The van der Waals surface area contributed by atoms with Crippen molar-refractivity contribution >= 4 is 51.9 Å². The van der Waals surface area contributed by atoms with E-state index in [1.54, 1.807) is 38.4 Å². The Morgan fingerprint density at radius 1 is 0.886 bits per heavy atom. The van der Waals surface area contributed by atoms with Crippen LogP contribution in [0.15, 0.2) is 36.7 Å². The van der Waals surface area contributed by atoms with Crippen LogP contribution >= 0.6 is 0 Å². The van der Waals surface area contributed by atoms with Gasteiger partial charge in [0.05, 0.1) is 7.11 Å². The Labute approximate surface area is 198 Å². The Hall–Kier alpha value is -4.94. The lowest BCUT2D eigenvalue weighted by Gasteiger charge is -2.05. The van der Waals surface area contributed by atoms with Gasteiger partial charge in [0, 0.05) is 50.0 Å². The van der Waals surface area contributed by atoms with Crippen LogP contribution in [0.4, 0.5) is 17.3 Å². The Morgan fingerprint density at radius 3 is 2.09 bits per heavy atom. The number of nitrogens with zero attached hydrogens (tertiary/aromatic N) is 4. The van der Waals surface area contributed by atoms with Crippen LogP contribution in [0.3, 0.4) is 0 Å². The molecule has 0 saturated carbocycles. The van der Waals surface area contributed by atoms with Crippen LogP contribution in [-0.4, -0.2) is 54.9 Å². The van der Waals surface area contributed by atoms with Crippen molar-refractivity contribution in [2.24, 2.45) is 14.1 Å². The van der Waals surface area contributed by atoms with Crippen LogP contribution in [0.5, 0.6) is 0 Å². The fourth-order valence-electron chi connectivity index (χ4n) is 3.45. The molecule has 13 heteroatoms. The summed E-state index contributed by atoms with van der Waals surface area (Å²) < 4.78 is 7.64. The molecule has 3 aromatic heterocycles. The van der Waals surface area contributed by atoms with Gasteiger partial charge in [-0.15, -0.1) is 0 Å². The van der Waals surface area contributed by atoms with Gasteiger partial charge in [-0.2, -0.15) is 0 Å². The Balaban J connectivity index is 1.47. The Bertz CT molecular complexity index is 1480. The molecule has 3 amide bonds. The van der Waals surface area contributed by atoms with Gasteiger partial charge in [-0.3, -0.25) is 14.4 Å². The van der Waals surface area contributed by atoms with E-state index in [-0.39, 0.29) is 29.2 Å². The van der Waals surface area contributed by atoms with Gasteiger partial charge in [-0.05, 0) is 24.3 Å². The second kappa shape index (κ2) is 9.13. The highest BCUT2D eigenvalue weighted by Gasteiger charge is 2.19. The first-order chi connectivity index (χ1) is 16.6. The number of nitrogens with one attached hydrogen (secondary N) is 4. The van der Waals surface area contributed by atoms with Crippen LogP contribution in [0, 0.1) is 0 Å². The first kappa shape index (κ1) is 23.2. The van der Waals surface area contributed by atoms with E-state index < -0.39 is 17.8 Å². The molecule has 0 aliphatic carbocycles. The minimum atomic E-state index is -0.562. The minimum Gasteiger partial charge on any atom is -0.464 e. The summed E-state index contributed by atoms with van der Waals surface area (Å²) in [5, 5.41) is 8.57. The van der Waals surface area contributed by atoms with Gasteiger partial charge in [0.15, 0.2) is 11.6 Å². The largest absolute Gasteiger partial charge is 0.464 e. The number of carbonyl (C=O) groups excluding carboxylic acids is 4. The highest BCUT2D eigenvalue weighted by Crippen LogP contribution is 2.21. The number of carbonyl (C=O) groups is 4. The van der Waals surface area contributed by atoms with Gasteiger partial charge >= 0.3 is 5.97 Å². The summed E-state index contributed by atoms with van der Waals surface area (Å²) in [7, 11) is 4.52. The van der Waals surface area contributed by atoms with E-state index >= 15 is 0 Å². The fraction of sp³-hybridized carbons (Fsp3) is 0.182. The number of ether oxygens (including phenoxy) is 1. The van der Waals surface area contributed by atoms with Gasteiger partial charge in [0.2, 0.25) is 17.6 Å². The van der Waals surface area contributed by atoms with E-state index in [0.717, 1.165) is 0 Å². The topological polar surface area (TPSA) is 165 Å². The highest BCUT2D eigenvalue weighted by atomic mass is 16.5. The molecular formula is C22H22N8O5. The number of aromatic nitrogens is 5. The van der Waals surface area contributed by atoms with Crippen molar-refractivity contribution in [3.63, 3.8) is 0 Å². The number of amides is 3. The van der Waals surface area contributed by atoms with Crippen molar-refractivity contribution in [3.05, 3.63) is 54.0 Å². The SMILES string of the molecule is COC(=O)c1cc2cc(NC(=O)c3nc(NC(=O)c4nc(NC(C)=O)cn4C)cn3C)ccc2[nH]1. The summed E-state index contributed by atoms with van der Waals surface area (Å²) in [6.45, 7) is 1.34. The van der Waals surface area contributed by atoms with Crippen molar-refractivity contribution in [1.29, 1.82) is 0 Å². The molecule has 0 spiro atoms. The summed E-state index contributed by atoms with van der Waals surface area (Å²) in [5.41, 5.74) is 1.50. The van der Waals surface area contributed by atoms with E-state index in [1.165, 1.54) is 35.6 Å². The maximum atomic E-state index is 12.8. The molecule has 1 aromatic carbocycles. The van der Waals surface area contributed by atoms with E-state index in [4.69, 9.17) is 4.74 Å². The van der Waals surface area contributed by atoms with Gasteiger partial charge in [0.1, 0.15) is 5.69 Å². The van der Waals surface area contributed by atoms with Crippen LogP contribution in [-0.2, 0) is 23.6 Å². The number of fused-ring (bicyclic) bond motifs is 1. The average Bonchev–Trinajstić information content (AvgIpc) is 3.48. The number of H-pyrrole nitrogens is 1. The minimum absolute atomic E-state index is 0.0523. The molecule has 4 N–H and O–H groups in total. The molecule has 0 atom stereocenters. The van der Waals surface area contributed by atoms with Gasteiger partial charge in [-0.25, -0.2) is 14.8 Å². The molecule has 13 nitrogen and oxygen atoms in total. The molecule has 0 radical (unpaired) electrons. The molecule has 0 bridgehead atoms. The zero-order chi connectivity index (χ0) is 25.3.